The molecule has 1 fully saturated rings. The third kappa shape index (κ3) is 3.31. The van der Waals surface area contributed by atoms with Crippen LogP contribution in [0.1, 0.15) is 35.2 Å². The van der Waals surface area contributed by atoms with Gasteiger partial charge in [-0.15, -0.1) is 0 Å². The van der Waals surface area contributed by atoms with Gasteiger partial charge in [0.25, 0.3) is 5.91 Å². The Labute approximate surface area is 123 Å². The van der Waals surface area contributed by atoms with Gasteiger partial charge in [0.2, 0.25) is 0 Å². The van der Waals surface area contributed by atoms with Crippen molar-refractivity contribution >= 4 is 23.5 Å². The average molecular weight is 296 g/mol. The summed E-state index contributed by atoms with van der Waals surface area (Å²) in [4.78, 5) is 25.1. The van der Waals surface area contributed by atoms with Crippen molar-refractivity contribution in [2.24, 2.45) is 5.92 Å². The fraction of sp³-hybridized carbons (Fsp3) is 0.467. The van der Waals surface area contributed by atoms with Gasteiger partial charge in [-0.2, -0.15) is 0 Å². The number of hydrogen-bond donors (Lipinski definition) is 1. The molecule has 2 rings (SSSR count). The molecule has 1 aliphatic heterocycles. The van der Waals surface area contributed by atoms with Gasteiger partial charge in [0.15, 0.2) is 0 Å². The zero-order valence-corrected chi connectivity index (χ0v) is 12.2. The summed E-state index contributed by atoms with van der Waals surface area (Å²) in [5, 5.41) is 9.45. The summed E-state index contributed by atoms with van der Waals surface area (Å²) in [5.74, 6) is -0.812. The molecule has 1 aromatic carbocycles. The summed E-state index contributed by atoms with van der Waals surface area (Å²) in [6, 6.07) is 5.29. The lowest BCUT2D eigenvalue weighted by Crippen LogP contribution is -2.40. The predicted molar refractivity (Wildman–Crippen MR) is 77.1 cm³/mol. The van der Waals surface area contributed by atoms with Crippen LogP contribution in [0.25, 0.3) is 0 Å². The second-order valence-electron chi connectivity index (χ2n) is 5.27. The molecule has 1 aromatic rings. The molecule has 0 aromatic heterocycles. The second kappa shape index (κ2) is 6.27. The molecule has 1 heterocycles. The number of rotatable bonds is 3. The van der Waals surface area contributed by atoms with Crippen LogP contribution in [0.3, 0.4) is 0 Å². The Bertz CT molecular complexity index is 530. The summed E-state index contributed by atoms with van der Waals surface area (Å²) in [7, 11) is 0. The smallest absolute Gasteiger partial charge is 0.303 e. The van der Waals surface area contributed by atoms with Crippen LogP contribution in [-0.4, -0.2) is 35.0 Å². The highest BCUT2D eigenvalue weighted by molar-refractivity contribution is 6.31. The van der Waals surface area contributed by atoms with Crippen LogP contribution in [0.5, 0.6) is 0 Å². The lowest BCUT2D eigenvalue weighted by molar-refractivity contribution is -0.138. The fourth-order valence-electron chi connectivity index (χ4n) is 2.67. The third-order valence-electron chi connectivity index (χ3n) is 3.77. The third-order valence-corrected chi connectivity index (χ3v) is 4.18. The topological polar surface area (TPSA) is 57.6 Å². The molecule has 1 aliphatic rings. The van der Waals surface area contributed by atoms with E-state index in [4.69, 9.17) is 16.7 Å². The number of aliphatic carboxylic acids is 1. The number of benzene rings is 1. The van der Waals surface area contributed by atoms with E-state index in [0.29, 0.717) is 23.7 Å². The van der Waals surface area contributed by atoms with E-state index in [1.54, 1.807) is 23.1 Å². The van der Waals surface area contributed by atoms with Crippen LogP contribution in [0.4, 0.5) is 0 Å². The van der Waals surface area contributed by atoms with E-state index in [1.807, 2.05) is 6.92 Å². The van der Waals surface area contributed by atoms with E-state index in [2.05, 4.69) is 0 Å². The first-order valence-electron chi connectivity index (χ1n) is 6.75. The van der Waals surface area contributed by atoms with E-state index in [-0.39, 0.29) is 18.2 Å². The first kappa shape index (κ1) is 14.9. The molecule has 0 saturated carbocycles. The largest absolute Gasteiger partial charge is 0.481 e. The molecular formula is C15H18ClNO3. The number of carboxylic acids is 1. The van der Waals surface area contributed by atoms with E-state index < -0.39 is 5.97 Å². The Morgan fingerprint density at radius 3 is 2.90 bits per heavy atom. The monoisotopic (exact) mass is 295 g/mol. The SMILES string of the molecule is Cc1c(Cl)cccc1C(=O)N1CCCC(CC(=O)O)C1. The van der Waals surface area contributed by atoms with Crippen molar-refractivity contribution in [2.75, 3.05) is 13.1 Å². The molecule has 20 heavy (non-hydrogen) atoms. The van der Waals surface area contributed by atoms with Gasteiger partial charge in [0, 0.05) is 30.1 Å². The number of likely N-dealkylation sites (tertiary alicyclic amines) is 1. The average Bonchev–Trinajstić information content (AvgIpc) is 2.41. The van der Waals surface area contributed by atoms with Crippen molar-refractivity contribution in [3.05, 3.63) is 34.3 Å². The zero-order chi connectivity index (χ0) is 14.7. The summed E-state index contributed by atoms with van der Waals surface area (Å²) in [5.41, 5.74) is 1.38. The summed E-state index contributed by atoms with van der Waals surface area (Å²) in [6.07, 6.45) is 1.84. The Morgan fingerprint density at radius 2 is 2.20 bits per heavy atom. The Kier molecular flexibility index (Phi) is 4.65. The first-order chi connectivity index (χ1) is 9.49. The number of carboxylic acid groups (broad SMARTS) is 1. The maximum atomic E-state index is 12.5. The Balaban J connectivity index is 2.12. The van der Waals surface area contributed by atoms with Crippen LogP contribution in [0.2, 0.25) is 5.02 Å². The minimum atomic E-state index is -0.803. The van der Waals surface area contributed by atoms with Gasteiger partial charge >= 0.3 is 5.97 Å². The van der Waals surface area contributed by atoms with E-state index in [1.165, 1.54) is 0 Å². The number of nitrogens with zero attached hydrogens (tertiary/aromatic N) is 1. The molecule has 0 spiro atoms. The minimum absolute atomic E-state index is 0.0460. The quantitative estimate of drug-likeness (QED) is 0.932. The second-order valence-corrected chi connectivity index (χ2v) is 5.68. The molecule has 1 saturated heterocycles. The van der Waals surface area contributed by atoms with Crippen molar-refractivity contribution in [3.8, 4) is 0 Å². The van der Waals surface area contributed by atoms with E-state index in [0.717, 1.165) is 18.4 Å². The standard InChI is InChI=1S/C15H18ClNO3/c1-10-12(5-2-6-13(10)16)15(20)17-7-3-4-11(9-17)8-14(18)19/h2,5-6,11H,3-4,7-9H2,1H3,(H,18,19). The molecule has 5 heteroatoms. The maximum Gasteiger partial charge on any atom is 0.303 e. The molecule has 4 nitrogen and oxygen atoms in total. The highest BCUT2D eigenvalue weighted by Crippen LogP contribution is 2.24. The lowest BCUT2D eigenvalue weighted by Gasteiger charge is -2.32. The lowest BCUT2D eigenvalue weighted by atomic mass is 9.94. The zero-order valence-electron chi connectivity index (χ0n) is 11.4. The Morgan fingerprint density at radius 1 is 1.45 bits per heavy atom. The molecule has 0 aliphatic carbocycles. The van der Waals surface area contributed by atoms with Gasteiger partial charge in [-0.25, -0.2) is 0 Å². The van der Waals surface area contributed by atoms with Crippen LogP contribution >= 0.6 is 11.6 Å². The van der Waals surface area contributed by atoms with Crippen LogP contribution < -0.4 is 0 Å². The number of amides is 1. The number of carbonyl (C=O) groups excluding carboxylic acids is 1. The number of piperidine rings is 1. The summed E-state index contributed by atoms with van der Waals surface area (Å²) >= 11 is 6.05. The van der Waals surface area contributed by atoms with Crippen molar-refractivity contribution in [3.63, 3.8) is 0 Å². The van der Waals surface area contributed by atoms with Crippen LogP contribution in [0, 0.1) is 12.8 Å². The molecular weight excluding hydrogens is 278 g/mol. The van der Waals surface area contributed by atoms with Gasteiger partial charge in [-0.05, 0) is 43.4 Å². The van der Waals surface area contributed by atoms with Crippen molar-refractivity contribution in [1.29, 1.82) is 0 Å². The Hall–Kier alpha value is -1.55. The maximum absolute atomic E-state index is 12.5. The van der Waals surface area contributed by atoms with Gasteiger partial charge in [0.05, 0.1) is 0 Å². The van der Waals surface area contributed by atoms with Crippen LogP contribution in [-0.2, 0) is 4.79 Å². The van der Waals surface area contributed by atoms with E-state index in [9.17, 15) is 9.59 Å². The summed E-state index contributed by atoms with van der Waals surface area (Å²) in [6.45, 7) is 3.02. The normalized spacial score (nSPS) is 18.9. The molecule has 1 N–H and O–H groups in total. The molecule has 1 unspecified atom stereocenters. The molecule has 1 amide bonds. The van der Waals surface area contributed by atoms with E-state index >= 15 is 0 Å². The van der Waals surface area contributed by atoms with Crippen molar-refractivity contribution in [1.82, 2.24) is 4.90 Å². The molecule has 1 atom stereocenters. The van der Waals surface area contributed by atoms with Gasteiger partial charge in [-0.3, -0.25) is 9.59 Å². The van der Waals surface area contributed by atoms with Gasteiger partial charge < -0.3 is 10.0 Å². The van der Waals surface area contributed by atoms with Gasteiger partial charge in [0.1, 0.15) is 0 Å². The van der Waals surface area contributed by atoms with Gasteiger partial charge in [-0.1, -0.05) is 17.7 Å². The molecule has 108 valence electrons. The highest BCUT2D eigenvalue weighted by atomic mass is 35.5. The highest BCUT2D eigenvalue weighted by Gasteiger charge is 2.26. The summed E-state index contributed by atoms with van der Waals surface area (Å²) < 4.78 is 0. The van der Waals surface area contributed by atoms with Crippen LogP contribution in [0.15, 0.2) is 18.2 Å². The number of carbonyl (C=O) groups is 2. The van der Waals surface area contributed by atoms with Crippen molar-refractivity contribution in [2.45, 2.75) is 26.2 Å². The molecule has 0 bridgehead atoms. The fourth-order valence-corrected chi connectivity index (χ4v) is 2.85. The minimum Gasteiger partial charge on any atom is -0.481 e. The first-order valence-corrected chi connectivity index (χ1v) is 7.13. The number of halogens is 1. The van der Waals surface area contributed by atoms with Crippen molar-refractivity contribution < 1.29 is 14.7 Å². The predicted octanol–water partition coefficient (Wildman–Crippen LogP) is 2.98. The molecule has 0 radical (unpaired) electrons. The number of hydrogen-bond acceptors (Lipinski definition) is 2.